The maximum absolute atomic E-state index is 11.5. The lowest BCUT2D eigenvalue weighted by atomic mass is 10.1. The molecule has 2 aromatic rings. The van der Waals surface area contributed by atoms with Gasteiger partial charge in [-0.05, 0) is 24.1 Å². The van der Waals surface area contributed by atoms with Crippen LogP contribution in [0, 0.1) is 0 Å². The molecule has 1 amide bonds. The molecule has 21 heavy (non-hydrogen) atoms. The van der Waals surface area contributed by atoms with Gasteiger partial charge in [0.15, 0.2) is 4.34 Å². The fraction of sp³-hybridized carbons (Fsp3) is 0.357. The maximum Gasteiger partial charge on any atom is 0.232 e. The van der Waals surface area contributed by atoms with Gasteiger partial charge in [-0.3, -0.25) is 4.79 Å². The van der Waals surface area contributed by atoms with Crippen molar-refractivity contribution in [3.8, 4) is 0 Å². The average Bonchev–Trinajstić information content (AvgIpc) is 2.93. The molecule has 0 bridgehead atoms. The lowest BCUT2D eigenvalue weighted by Gasteiger charge is -2.07. The first-order valence-electron chi connectivity index (χ1n) is 6.61. The molecule has 112 valence electrons. The summed E-state index contributed by atoms with van der Waals surface area (Å²) in [5, 5.41) is 12.1. The second kappa shape index (κ2) is 7.42. The minimum absolute atomic E-state index is 0.0693. The van der Waals surface area contributed by atoms with E-state index in [0.29, 0.717) is 5.75 Å². The molecule has 0 aliphatic rings. The second-order valence-corrected chi connectivity index (χ2v) is 6.83. The predicted octanol–water partition coefficient (Wildman–Crippen LogP) is 3.02. The van der Waals surface area contributed by atoms with Gasteiger partial charge in [0.05, 0.1) is 5.75 Å². The molecular formula is C14H18N4OS2. The standard InChI is InChI=1S/C14H18N4OS2/c1-4-10-5-7-11(8-6-10)15-13-16-17-14(21-13)20-9-12(19)18(2)3/h5-8H,4,9H2,1-3H3,(H,15,16). The number of nitrogens with zero attached hydrogens (tertiary/aromatic N) is 3. The van der Waals surface area contributed by atoms with E-state index in [2.05, 4.69) is 34.6 Å². The Kier molecular flexibility index (Phi) is 5.58. The molecule has 7 heteroatoms. The predicted molar refractivity (Wildman–Crippen MR) is 88.4 cm³/mol. The smallest absolute Gasteiger partial charge is 0.232 e. The van der Waals surface area contributed by atoms with E-state index in [1.165, 1.54) is 28.7 Å². The van der Waals surface area contributed by atoms with Gasteiger partial charge in [0.2, 0.25) is 11.0 Å². The molecule has 0 fully saturated rings. The molecule has 0 aliphatic carbocycles. The highest BCUT2D eigenvalue weighted by molar-refractivity contribution is 8.01. The molecule has 5 nitrogen and oxygen atoms in total. The molecule has 1 aromatic carbocycles. The van der Waals surface area contributed by atoms with Crippen LogP contribution in [0.25, 0.3) is 0 Å². The van der Waals surface area contributed by atoms with E-state index < -0.39 is 0 Å². The van der Waals surface area contributed by atoms with Crippen molar-refractivity contribution >= 4 is 39.8 Å². The Hall–Kier alpha value is -1.60. The topological polar surface area (TPSA) is 58.1 Å². The second-order valence-electron chi connectivity index (χ2n) is 4.63. The van der Waals surface area contributed by atoms with Crippen LogP contribution >= 0.6 is 23.1 Å². The fourth-order valence-corrected chi connectivity index (χ4v) is 3.27. The minimum Gasteiger partial charge on any atom is -0.348 e. The highest BCUT2D eigenvalue weighted by Gasteiger charge is 2.09. The molecule has 2 rings (SSSR count). The van der Waals surface area contributed by atoms with E-state index in [0.717, 1.165) is 21.6 Å². The summed E-state index contributed by atoms with van der Waals surface area (Å²) in [4.78, 5) is 13.1. The summed E-state index contributed by atoms with van der Waals surface area (Å²) < 4.78 is 0.790. The SMILES string of the molecule is CCc1ccc(Nc2nnc(SCC(=O)N(C)C)s2)cc1. The number of amides is 1. The first-order chi connectivity index (χ1) is 10.1. The van der Waals surface area contributed by atoms with Crippen LogP contribution in [-0.2, 0) is 11.2 Å². The third-order valence-electron chi connectivity index (χ3n) is 2.84. The Balaban J connectivity index is 1.91. The monoisotopic (exact) mass is 322 g/mol. The van der Waals surface area contributed by atoms with Crippen molar-refractivity contribution in [3.05, 3.63) is 29.8 Å². The number of hydrogen-bond donors (Lipinski definition) is 1. The zero-order chi connectivity index (χ0) is 15.2. The zero-order valence-corrected chi connectivity index (χ0v) is 13.9. The van der Waals surface area contributed by atoms with Gasteiger partial charge in [-0.1, -0.05) is 42.2 Å². The van der Waals surface area contributed by atoms with Crippen molar-refractivity contribution in [1.82, 2.24) is 15.1 Å². The number of thioether (sulfide) groups is 1. The van der Waals surface area contributed by atoms with Gasteiger partial charge < -0.3 is 10.2 Å². The average molecular weight is 322 g/mol. The van der Waals surface area contributed by atoms with Crippen molar-refractivity contribution in [2.75, 3.05) is 25.2 Å². The van der Waals surface area contributed by atoms with Crippen LogP contribution in [0.4, 0.5) is 10.8 Å². The summed E-state index contributed by atoms with van der Waals surface area (Å²) in [7, 11) is 3.49. The molecule has 0 atom stereocenters. The largest absolute Gasteiger partial charge is 0.348 e. The first-order valence-corrected chi connectivity index (χ1v) is 8.41. The summed E-state index contributed by atoms with van der Waals surface area (Å²) in [5.41, 5.74) is 2.29. The number of anilines is 2. The highest BCUT2D eigenvalue weighted by atomic mass is 32.2. The van der Waals surface area contributed by atoms with Crippen LogP contribution in [0.15, 0.2) is 28.6 Å². The van der Waals surface area contributed by atoms with Crippen LogP contribution in [0.5, 0.6) is 0 Å². The third kappa shape index (κ3) is 4.71. The molecule has 0 saturated heterocycles. The van der Waals surface area contributed by atoms with Gasteiger partial charge in [-0.25, -0.2) is 0 Å². The van der Waals surface area contributed by atoms with Crippen LogP contribution in [0.3, 0.4) is 0 Å². The number of nitrogens with one attached hydrogen (secondary N) is 1. The number of aromatic nitrogens is 2. The Bertz CT molecular complexity index is 595. The third-order valence-corrected chi connectivity index (χ3v) is 4.79. The van der Waals surface area contributed by atoms with E-state index in [1.807, 2.05) is 12.1 Å². The molecule has 1 N–H and O–H groups in total. The van der Waals surface area contributed by atoms with Crippen molar-refractivity contribution in [2.45, 2.75) is 17.7 Å². The van der Waals surface area contributed by atoms with Crippen LogP contribution in [0.2, 0.25) is 0 Å². The molecule has 0 saturated carbocycles. The van der Waals surface area contributed by atoms with E-state index in [1.54, 1.807) is 19.0 Å². The molecule has 1 aromatic heterocycles. The quantitative estimate of drug-likeness (QED) is 0.829. The van der Waals surface area contributed by atoms with Crippen molar-refractivity contribution in [3.63, 3.8) is 0 Å². The van der Waals surface area contributed by atoms with Crippen molar-refractivity contribution in [1.29, 1.82) is 0 Å². The molecule has 0 radical (unpaired) electrons. The summed E-state index contributed by atoms with van der Waals surface area (Å²) >= 11 is 2.86. The van der Waals surface area contributed by atoms with Gasteiger partial charge in [0.1, 0.15) is 0 Å². The van der Waals surface area contributed by atoms with Gasteiger partial charge in [0, 0.05) is 19.8 Å². The normalized spacial score (nSPS) is 10.4. The zero-order valence-electron chi connectivity index (χ0n) is 12.3. The van der Waals surface area contributed by atoms with Gasteiger partial charge in [0.25, 0.3) is 0 Å². The van der Waals surface area contributed by atoms with Crippen molar-refractivity contribution in [2.24, 2.45) is 0 Å². The van der Waals surface area contributed by atoms with E-state index in [9.17, 15) is 4.79 Å². The van der Waals surface area contributed by atoms with Gasteiger partial charge in [-0.15, -0.1) is 10.2 Å². The number of benzene rings is 1. The van der Waals surface area contributed by atoms with E-state index in [4.69, 9.17) is 0 Å². The number of hydrogen-bond acceptors (Lipinski definition) is 6. The number of aryl methyl sites for hydroxylation is 1. The van der Waals surface area contributed by atoms with E-state index >= 15 is 0 Å². The molecular weight excluding hydrogens is 304 g/mol. The molecule has 0 unspecified atom stereocenters. The van der Waals surface area contributed by atoms with Crippen LogP contribution < -0.4 is 5.32 Å². The Morgan fingerprint density at radius 1 is 1.29 bits per heavy atom. The maximum atomic E-state index is 11.5. The molecule has 0 spiro atoms. The highest BCUT2D eigenvalue weighted by Crippen LogP contribution is 2.27. The Morgan fingerprint density at radius 3 is 2.62 bits per heavy atom. The summed E-state index contributed by atoms with van der Waals surface area (Å²) in [6, 6.07) is 8.24. The summed E-state index contributed by atoms with van der Waals surface area (Å²) in [6.07, 6.45) is 1.03. The van der Waals surface area contributed by atoms with E-state index in [-0.39, 0.29) is 5.91 Å². The summed E-state index contributed by atoms with van der Waals surface area (Å²) in [5.74, 6) is 0.451. The number of carbonyl (C=O) groups is 1. The Morgan fingerprint density at radius 2 is 2.00 bits per heavy atom. The lowest BCUT2D eigenvalue weighted by molar-refractivity contribution is -0.125. The van der Waals surface area contributed by atoms with Crippen LogP contribution in [-0.4, -0.2) is 40.9 Å². The molecule has 0 aliphatic heterocycles. The molecule has 1 heterocycles. The summed E-state index contributed by atoms with van der Waals surface area (Å²) in [6.45, 7) is 2.13. The van der Waals surface area contributed by atoms with Crippen LogP contribution in [0.1, 0.15) is 12.5 Å². The first kappa shape index (κ1) is 15.8. The van der Waals surface area contributed by atoms with Gasteiger partial charge >= 0.3 is 0 Å². The minimum atomic E-state index is 0.0693. The Labute approximate surface area is 132 Å². The van der Waals surface area contributed by atoms with Gasteiger partial charge in [-0.2, -0.15) is 0 Å². The number of rotatable bonds is 6. The fourth-order valence-electron chi connectivity index (χ4n) is 1.52. The van der Waals surface area contributed by atoms with Crippen molar-refractivity contribution < 1.29 is 4.79 Å². The lowest BCUT2D eigenvalue weighted by Crippen LogP contribution is -2.23. The number of carbonyl (C=O) groups excluding carboxylic acids is 1.